The average Bonchev–Trinajstić information content (AvgIpc) is 2.25. The highest BCUT2D eigenvalue weighted by Gasteiger charge is 2.69. The molecule has 10 heavy (non-hydrogen) atoms. The summed E-state index contributed by atoms with van der Waals surface area (Å²) >= 11 is 3.62. The Morgan fingerprint density at radius 1 is 1.30 bits per heavy atom. The molecule has 0 spiro atoms. The maximum absolute atomic E-state index is 11.5. The van der Waals surface area contributed by atoms with E-state index >= 15 is 0 Å². The zero-order valence-corrected chi connectivity index (χ0v) is 7.23. The van der Waals surface area contributed by atoms with Gasteiger partial charge in [0.05, 0.1) is 4.32 Å². The first-order chi connectivity index (χ1) is 4.73. The predicted molar refractivity (Wildman–Crippen MR) is 41.0 cm³/mol. The first kappa shape index (κ1) is 5.76. The van der Waals surface area contributed by atoms with Crippen molar-refractivity contribution in [3.8, 4) is 0 Å². The van der Waals surface area contributed by atoms with Gasteiger partial charge in [0.2, 0.25) is 0 Å². The number of alkyl halides is 1. The highest BCUT2D eigenvalue weighted by Crippen LogP contribution is 2.67. The summed E-state index contributed by atoms with van der Waals surface area (Å²) in [6, 6.07) is 0. The molecule has 3 aliphatic rings. The highest BCUT2D eigenvalue weighted by atomic mass is 79.9. The van der Waals surface area contributed by atoms with Gasteiger partial charge in [-0.05, 0) is 31.1 Å². The summed E-state index contributed by atoms with van der Waals surface area (Å²) in [6.07, 6.45) is 3.68. The van der Waals surface area contributed by atoms with Crippen LogP contribution in [0.15, 0.2) is 0 Å². The van der Waals surface area contributed by atoms with E-state index in [2.05, 4.69) is 15.9 Å². The van der Waals surface area contributed by atoms with Crippen molar-refractivity contribution in [1.29, 1.82) is 0 Å². The maximum atomic E-state index is 11.5. The van der Waals surface area contributed by atoms with Crippen LogP contribution in [-0.2, 0) is 4.79 Å². The van der Waals surface area contributed by atoms with Gasteiger partial charge in [0.25, 0.3) is 0 Å². The number of hydrogen-bond acceptors (Lipinski definition) is 1. The van der Waals surface area contributed by atoms with Crippen molar-refractivity contribution < 1.29 is 4.79 Å². The first-order valence-electron chi connectivity index (χ1n) is 3.96. The summed E-state index contributed by atoms with van der Waals surface area (Å²) in [4.78, 5) is 11.5. The highest BCUT2D eigenvalue weighted by molar-refractivity contribution is 9.10. The molecule has 0 heterocycles. The Kier molecular flexibility index (Phi) is 0.782. The van der Waals surface area contributed by atoms with Gasteiger partial charge in [-0.3, -0.25) is 4.79 Å². The summed E-state index contributed by atoms with van der Waals surface area (Å²) in [5.41, 5.74) is 0. The van der Waals surface area contributed by atoms with Crippen molar-refractivity contribution in [2.75, 3.05) is 0 Å². The van der Waals surface area contributed by atoms with Crippen LogP contribution in [0.4, 0.5) is 0 Å². The van der Waals surface area contributed by atoms with E-state index < -0.39 is 0 Å². The minimum atomic E-state index is -0.00231. The van der Waals surface area contributed by atoms with E-state index in [-0.39, 0.29) is 4.32 Å². The lowest BCUT2D eigenvalue weighted by molar-refractivity contribution is -0.121. The van der Waals surface area contributed by atoms with E-state index in [9.17, 15) is 4.79 Å². The number of carbonyl (C=O) groups is 1. The Hall–Kier alpha value is 0.150. The number of ketones is 1. The predicted octanol–water partition coefficient (Wildman–Crippen LogP) is 1.75. The monoisotopic (exact) mass is 200 g/mol. The van der Waals surface area contributed by atoms with Gasteiger partial charge in [0.15, 0.2) is 5.78 Å². The Labute approximate surface area is 68.3 Å². The minimum absolute atomic E-state index is 0.00231. The molecule has 2 unspecified atom stereocenters. The van der Waals surface area contributed by atoms with Gasteiger partial charge in [-0.1, -0.05) is 15.9 Å². The van der Waals surface area contributed by atoms with Crippen LogP contribution < -0.4 is 0 Å². The molecule has 2 atom stereocenters. The zero-order valence-electron chi connectivity index (χ0n) is 5.64. The lowest BCUT2D eigenvalue weighted by Gasteiger charge is -2.47. The summed E-state index contributed by atoms with van der Waals surface area (Å²) in [5, 5.41) is 0. The molecule has 0 radical (unpaired) electrons. The number of Topliss-reactive ketones (excluding diaryl/α,β-unsaturated/α-hetero) is 1. The minimum Gasteiger partial charge on any atom is -0.298 e. The van der Waals surface area contributed by atoms with Crippen molar-refractivity contribution in [2.45, 2.75) is 23.6 Å². The number of carbonyl (C=O) groups excluding carboxylic acids is 1. The Bertz CT molecular complexity index is 211. The molecule has 3 fully saturated rings. The number of halogens is 1. The van der Waals surface area contributed by atoms with Gasteiger partial charge in [0.1, 0.15) is 0 Å². The molecule has 0 aromatic carbocycles. The van der Waals surface area contributed by atoms with Crippen LogP contribution >= 0.6 is 15.9 Å². The molecule has 0 saturated heterocycles. The van der Waals surface area contributed by atoms with E-state index in [1.54, 1.807) is 0 Å². The van der Waals surface area contributed by atoms with Crippen LogP contribution in [0.2, 0.25) is 0 Å². The van der Waals surface area contributed by atoms with Crippen molar-refractivity contribution in [1.82, 2.24) is 0 Å². The molecule has 2 heteroatoms. The second-order valence-corrected chi connectivity index (χ2v) is 5.24. The first-order valence-corrected chi connectivity index (χ1v) is 4.75. The summed E-state index contributed by atoms with van der Waals surface area (Å²) in [5.74, 6) is 2.39. The van der Waals surface area contributed by atoms with Crippen LogP contribution in [0, 0.1) is 17.8 Å². The molecule has 2 bridgehead atoms. The van der Waals surface area contributed by atoms with E-state index in [1.165, 1.54) is 19.3 Å². The largest absolute Gasteiger partial charge is 0.298 e. The number of fused-ring (bicyclic) bond motifs is 1. The lowest BCUT2D eigenvalue weighted by atomic mass is 9.64. The molecule has 3 saturated carbocycles. The summed E-state index contributed by atoms with van der Waals surface area (Å²) in [6.45, 7) is 0. The molecular weight excluding hydrogens is 192 g/mol. The third-order valence-corrected chi connectivity index (χ3v) is 5.33. The normalized spacial score (nSPS) is 62.9. The SMILES string of the molecule is O=C1C2CC3CC(C2)C13Br. The van der Waals surface area contributed by atoms with E-state index in [1.807, 2.05) is 0 Å². The van der Waals surface area contributed by atoms with Gasteiger partial charge >= 0.3 is 0 Å². The van der Waals surface area contributed by atoms with Crippen molar-refractivity contribution in [2.24, 2.45) is 17.8 Å². The fraction of sp³-hybridized carbons (Fsp3) is 0.875. The molecule has 0 aromatic heterocycles. The Morgan fingerprint density at radius 2 is 1.90 bits per heavy atom. The van der Waals surface area contributed by atoms with Crippen LogP contribution in [0.3, 0.4) is 0 Å². The molecule has 0 aromatic rings. The molecule has 0 aliphatic heterocycles. The third-order valence-electron chi connectivity index (χ3n) is 3.64. The van der Waals surface area contributed by atoms with Crippen LogP contribution in [0.25, 0.3) is 0 Å². The zero-order chi connectivity index (χ0) is 6.93. The maximum Gasteiger partial charge on any atom is 0.153 e. The van der Waals surface area contributed by atoms with E-state index in [4.69, 9.17) is 0 Å². The standard InChI is InChI=1S/C8H9BrO/c9-8-5-1-4(7(8)10)2-6(8)3-5/h4-6H,1-3H2. The second-order valence-electron chi connectivity index (χ2n) is 3.93. The van der Waals surface area contributed by atoms with Crippen LogP contribution in [0.5, 0.6) is 0 Å². The fourth-order valence-corrected chi connectivity index (χ4v) is 4.18. The molecule has 0 N–H and O–H groups in total. The molecule has 54 valence electrons. The van der Waals surface area contributed by atoms with Crippen LogP contribution in [0.1, 0.15) is 19.3 Å². The number of rotatable bonds is 0. The quantitative estimate of drug-likeness (QED) is 0.545. The van der Waals surface area contributed by atoms with Crippen LogP contribution in [-0.4, -0.2) is 10.1 Å². The summed E-state index contributed by atoms with van der Waals surface area (Å²) < 4.78 is -0.00231. The number of hydrogen-bond donors (Lipinski definition) is 0. The third kappa shape index (κ3) is 0.357. The molecule has 3 rings (SSSR count). The second kappa shape index (κ2) is 1.36. The van der Waals surface area contributed by atoms with Gasteiger partial charge in [-0.2, -0.15) is 0 Å². The average molecular weight is 201 g/mol. The van der Waals surface area contributed by atoms with Crippen molar-refractivity contribution in [3.05, 3.63) is 0 Å². The topological polar surface area (TPSA) is 17.1 Å². The Balaban J connectivity index is 2.16. The van der Waals surface area contributed by atoms with Crippen molar-refractivity contribution in [3.63, 3.8) is 0 Å². The smallest absolute Gasteiger partial charge is 0.153 e. The van der Waals surface area contributed by atoms with E-state index in [0.29, 0.717) is 23.5 Å². The van der Waals surface area contributed by atoms with Gasteiger partial charge in [-0.25, -0.2) is 0 Å². The Morgan fingerprint density at radius 3 is 2.10 bits per heavy atom. The lowest BCUT2D eigenvalue weighted by Crippen LogP contribution is -2.49. The molecular formula is C8H9BrO. The fourth-order valence-electron chi connectivity index (χ4n) is 3.11. The molecule has 0 amide bonds. The van der Waals surface area contributed by atoms with Gasteiger partial charge in [-0.15, -0.1) is 0 Å². The van der Waals surface area contributed by atoms with Gasteiger partial charge < -0.3 is 0 Å². The van der Waals surface area contributed by atoms with E-state index in [0.717, 1.165) is 0 Å². The van der Waals surface area contributed by atoms with Gasteiger partial charge in [0, 0.05) is 5.92 Å². The molecule has 3 aliphatic carbocycles. The molecule has 1 nitrogen and oxygen atoms in total. The summed E-state index contributed by atoms with van der Waals surface area (Å²) in [7, 11) is 0. The van der Waals surface area contributed by atoms with Crippen molar-refractivity contribution >= 4 is 21.7 Å².